The van der Waals surface area contributed by atoms with Crippen molar-refractivity contribution in [2.75, 3.05) is 12.8 Å². The molecule has 0 aliphatic carbocycles. The van der Waals surface area contributed by atoms with Gasteiger partial charge in [-0.2, -0.15) is 0 Å². The Labute approximate surface area is 103 Å². The van der Waals surface area contributed by atoms with Crippen LogP contribution in [-0.2, 0) is 16.1 Å². The third kappa shape index (κ3) is 2.45. The summed E-state index contributed by atoms with van der Waals surface area (Å²) in [5, 5.41) is 2.53. The Balaban J connectivity index is 2.39. The van der Waals surface area contributed by atoms with E-state index in [2.05, 4.69) is 4.74 Å². The summed E-state index contributed by atoms with van der Waals surface area (Å²) in [4.78, 5) is 11.3. The smallest absolute Gasteiger partial charge is 0.348 e. The lowest BCUT2D eigenvalue weighted by molar-refractivity contribution is -0.656. The van der Waals surface area contributed by atoms with E-state index in [1.807, 2.05) is 35.7 Å². The Morgan fingerprint density at radius 2 is 2.12 bits per heavy atom. The molecule has 1 aromatic carbocycles. The van der Waals surface area contributed by atoms with Crippen molar-refractivity contribution in [2.45, 2.75) is 6.54 Å². The van der Waals surface area contributed by atoms with Crippen LogP contribution in [0.5, 0.6) is 0 Å². The minimum atomic E-state index is -0.308. The van der Waals surface area contributed by atoms with Crippen LogP contribution in [0.25, 0.3) is 11.3 Å². The second kappa shape index (κ2) is 4.97. The summed E-state index contributed by atoms with van der Waals surface area (Å²) < 4.78 is 6.41. The molecule has 0 amide bonds. The molecular weight excluding hydrogens is 236 g/mol. The number of nitrogens with zero attached hydrogens (tertiary/aromatic N) is 1. The molecule has 4 nitrogen and oxygen atoms in total. The molecule has 2 N–H and O–H groups in total. The average molecular weight is 249 g/mol. The molecule has 2 rings (SSSR count). The normalized spacial score (nSPS) is 10.2. The fourth-order valence-electron chi connectivity index (χ4n) is 1.55. The maximum atomic E-state index is 11.3. The van der Waals surface area contributed by atoms with Crippen molar-refractivity contribution < 1.29 is 14.1 Å². The first-order chi connectivity index (χ1) is 8.22. The van der Waals surface area contributed by atoms with Crippen molar-refractivity contribution in [1.82, 2.24) is 0 Å². The first-order valence-corrected chi connectivity index (χ1v) is 5.99. The Morgan fingerprint density at radius 3 is 2.76 bits per heavy atom. The van der Waals surface area contributed by atoms with Crippen LogP contribution >= 0.6 is 11.3 Å². The highest BCUT2D eigenvalue weighted by atomic mass is 32.1. The van der Waals surface area contributed by atoms with Gasteiger partial charge in [0.25, 0.3) is 0 Å². The summed E-state index contributed by atoms with van der Waals surface area (Å²) in [5.41, 5.74) is 7.82. The predicted octanol–water partition coefficient (Wildman–Crippen LogP) is 1.46. The minimum Gasteiger partial charge on any atom is -0.466 e. The number of hydrogen-bond donors (Lipinski definition) is 1. The summed E-state index contributed by atoms with van der Waals surface area (Å²) >= 11 is 1.41. The molecule has 1 aromatic heterocycles. The first-order valence-electron chi connectivity index (χ1n) is 5.11. The molecule has 17 heavy (non-hydrogen) atoms. The van der Waals surface area contributed by atoms with Gasteiger partial charge in [0.1, 0.15) is 5.69 Å². The Morgan fingerprint density at radius 1 is 1.41 bits per heavy atom. The van der Waals surface area contributed by atoms with Crippen LogP contribution in [-0.4, -0.2) is 13.1 Å². The SMILES string of the molecule is COC(=O)C[n+]1c(-c2ccccc2)csc1N. The Kier molecular flexibility index (Phi) is 3.39. The monoisotopic (exact) mass is 249 g/mol. The van der Waals surface area contributed by atoms with Crippen molar-refractivity contribution in [3.63, 3.8) is 0 Å². The molecule has 0 saturated heterocycles. The minimum absolute atomic E-state index is 0.135. The molecule has 0 unspecified atom stereocenters. The summed E-state index contributed by atoms with van der Waals surface area (Å²) in [6.07, 6.45) is 0. The molecule has 0 atom stereocenters. The van der Waals surface area contributed by atoms with Gasteiger partial charge in [0.15, 0.2) is 6.54 Å². The third-order valence-electron chi connectivity index (χ3n) is 2.43. The number of aromatic nitrogens is 1. The fourth-order valence-corrected chi connectivity index (χ4v) is 2.34. The molecule has 0 bridgehead atoms. The molecule has 1 heterocycles. The number of carbonyl (C=O) groups is 1. The topological polar surface area (TPSA) is 56.2 Å². The Bertz CT molecular complexity index is 523. The zero-order valence-corrected chi connectivity index (χ0v) is 10.2. The van der Waals surface area contributed by atoms with Gasteiger partial charge in [-0.3, -0.25) is 5.73 Å². The van der Waals surface area contributed by atoms with E-state index in [0.29, 0.717) is 5.13 Å². The van der Waals surface area contributed by atoms with Crippen molar-refractivity contribution in [3.05, 3.63) is 35.7 Å². The molecule has 0 aliphatic heterocycles. The van der Waals surface area contributed by atoms with Gasteiger partial charge in [-0.05, 0) is 0 Å². The molecule has 0 aliphatic rings. The number of esters is 1. The van der Waals surface area contributed by atoms with Gasteiger partial charge >= 0.3 is 11.1 Å². The highest BCUT2D eigenvalue weighted by Gasteiger charge is 2.19. The van der Waals surface area contributed by atoms with Gasteiger partial charge in [-0.25, -0.2) is 9.36 Å². The Hall–Kier alpha value is -1.88. The number of methoxy groups -OCH3 is 1. The molecule has 0 radical (unpaired) electrons. The van der Waals surface area contributed by atoms with Crippen molar-refractivity contribution >= 4 is 22.4 Å². The average Bonchev–Trinajstić information content (AvgIpc) is 2.72. The van der Waals surface area contributed by atoms with Crippen molar-refractivity contribution in [2.24, 2.45) is 0 Å². The molecule has 0 fully saturated rings. The standard InChI is InChI=1S/C12H12N2O2S/c1-16-11(15)7-14-10(8-17-12(14)13)9-5-3-2-4-6-9/h2-6,8,13H,7H2,1H3/p+1. The predicted molar refractivity (Wildman–Crippen MR) is 66.4 cm³/mol. The highest BCUT2D eigenvalue weighted by molar-refractivity contribution is 7.13. The van der Waals surface area contributed by atoms with Crippen LogP contribution in [0.4, 0.5) is 5.13 Å². The second-order valence-corrected chi connectivity index (χ2v) is 4.38. The number of anilines is 1. The highest BCUT2D eigenvalue weighted by Crippen LogP contribution is 2.20. The lowest BCUT2D eigenvalue weighted by Gasteiger charge is -2.02. The van der Waals surface area contributed by atoms with Gasteiger partial charge in [-0.1, -0.05) is 41.7 Å². The van der Waals surface area contributed by atoms with Crippen molar-refractivity contribution in [3.8, 4) is 11.3 Å². The van der Waals surface area contributed by atoms with E-state index in [-0.39, 0.29) is 12.5 Å². The number of benzene rings is 1. The molecule has 88 valence electrons. The van der Waals surface area contributed by atoms with E-state index in [9.17, 15) is 4.79 Å². The largest absolute Gasteiger partial charge is 0.466 e. The van der Waals surface area contributed by atoms with Gasteiger partial charge in [-0.15, -0.1) is 0 Å². The number of nitrogens with two attached hydrogens (primary N) is 1. The number of thiazole rings is 1. The van der Waals surface area contributed by atoms with E-state index in [4.69, 9.17) is 5.73 Å². The number of ether oxygens (including phenoxy) is 1. The molecular formula is C12H13N2O2S+. The third-order valence-corrected chi connectivity index (χ3v) is 3.24. The van der Waals surface area contributed by atoms with E-state index in [1.54, 1.807) is 4.57 Å². The van der Waals surface area contributed by atoms with E-state index in [0.717, 1.165) is 11.3 Å². The van der Waals surface area contributed by atoms with E-state index in [1.165, 1.54) is 18.4 Å². The summed E-state index contributed by atoms with van der Waals surface area (Å²) in [7, 11) is 1.37. The van der Waals surface area contributed by atoms with Gasteiger partial charge in [0.2, 0.25) is 0 Å². The number of nitrogen functional groups attached to an aromatic ring is 1. The van der Waals surface area contributed by atoms with Crippen LogP contribution in [0.15, 0.2) is 35.7 Å². The van der Waals surface area contributed by atoms with Gasteiger partial charge in [0, 0.05) is 10.9 Å². The quantitative estimate of drug-likeness (QED) is 0.662. The molecule has 0 saturated carbocycles. The maximum absolute atomic E-state index is 11.3. The number of rotatable bonds is 3. The summed E-state index contributed by atoms with van der Waals surface area (Å²) in [6.45, 7) is 0.135. The van der Waals surface area contributed by atoms with Crippen molar-refractivity contribution in [1.29, 1.82) is 0 Å². The van der Waals surface area contributed by atoms with Crippen LogP contribution in [0.2, 0.25) is 0 Å². The molecule has 2 aromatic rings. The number of carbonyl (C=O) groups excluding carboxylic acids is 1. The van der Waals surface area contributed by atoms with Gasteiger partial charge in [0.05, 0.1) is 7.11 Å². The number of hydrogen-bond acceptors (Lipinski definition) is 4. The summed E-state index contributed by atoms with van der Waals surface area (Å²) in [6, 6.07) is 9.81. The maximum Gasteiger partial charge on any atom is 0.348 e. The second-order valence-electron chi connectivity index (χ2n) is 3.49. The summed E-state index contributed by atoms with van der Waals surface area (Å²) in [5.74, 6) is -0.308. The van der Waals surface area contributed by atoms with Crippen LogP contribution in [0.1, 0.15) is 0 Å². The van der Waals surface area contributed by atoms with Gasteiger partial charge < -0.3 is 4.74 Å². The lowest BCUT2D eigenvalue weighted by atomic mass is 10.2. The van der Waals surface area contributed by atoms with Crippen LogP contribution in [0.3, 0.4) is 0 Å². The van der Waals surface area contributed by atoms with Crippen LogP contribution in [0, 0.1) is 0 Å². The zero-order chi connectivity index (χ0) is 12.3. The first kappa shape index (κ1) is 11.6. The molecule has 0 spiro atoms. The fraction of sp³-hybridized carbons (Fsp3) is 0.167. The lowest BCUT2D eigenvalue weighted by Crippen LogP contribution is -2.40. The molecule has 5 heteroatoms. The van der Waals surface area contributed by atoms with E-state index < -0.39 is 0 Å². The zero-order valence-electron chi connectivity index (χ0n) is 9.42. The van der Waals surface area contributed by atoms with E-state index >= 15 is 0 Å². The van der Waals surface area contributed by atoms with Crippen LogP contribution < -0.4 is 10.3 Å².